The number of halogens is 1. The number of nitrogens with zero attached hydrogens (tertiary/aromatic N) is 1. The van der Waals surface area contributed by atoms with Crippen molar-refractivity contribution in [3.8, 4) is 0 Å². The first-order chi connectivity index (χ1) is 10.2. The summed E-state index contributed by atoms with van der Waals surface area (Å²) in [4.78, 5) is 15.7. The van der Waals surface area contributed by atoms with Gasteiger partial charge in [-0.05, 0) is 43.4 Å². The van der Waals surface area contributed by atoms with Crippen molar-refractivity contribution in [2.75, 3.05) is 0 Å². The van der Waals surface area contributed by atoms with E-state index in [4.69, 9.17) is 11.6 Å². The first-order valence-corrected chi connectivity index (χ1v) is 8.63. The Morgan fingerprint density at radius 2 is 1.91 bits per heavy atom. The monoisotopic (exact) mass is 321 g/mol. The molecule has 2 nitrogen and oxygen atoms in total. The molecule has 0 aromatic heterocycles. The third kappa shape index (κ3) is 3.09. The number of hydrogen-bond donors (Lipinski definition) is 0. The number of carbonyl (C=O) groups excluding carboxylic acids is 1. The Morgan fingerprint density at radius 1 is 1.27 bits per heavy atom. The molecule has 1 aliphatic rings. The van der Waals surface area contributed by atoms with E-state index in [0.29, 0.717) is 16.8 Å². The summed E-state index contributed by atoms with van der Waals surface area (Å²) in [6.07, 6.45) is 0.989. The molecule has 0 spiro atoms. The Hall–Kier alpha value is -0.860. The molecule has 3 atom stereocenters. The van der Waals surface area contributed by atoms with Crippen molar-refractivity contribution in [3.05, 3.63) is 34.9 Å². The Bertz CT molecular complexity index is 547. The van der Waals surface area contributed by atoms with Crippen LogP contribution in [0.5, 0.6) is 0 Å². The molecule has 1 aromatic carbocycles. The third-order valence-electron chi connectivity index (χ3n) is 4.75. The molecule has 1 aromatic rings. The Kier molecular flexibility index (Phi) is 5.03. The molecule has 2 rings (SSSR count). The van der Waals surface area contributed by atoms with Crippen molar-refractivity contribution in [2.45, 2.75) is 66.1 Å². The molecule has 22 heavy (non-hydrogen) atoms. The summed E-state index contributed by atoms with van der Waals surface area (Å²) in [7, 11) is 0. The fraction of sp³-hybridized carbons (Fsp3) is 0.632. The average molecular weight is 322 g/mol. The predicted molar refractivity (Wildman–Crippen MR) is 93.2 cm³/mol. The fourth-order valence-corrected chi connectivity index (χ4v) is 4.21. The van der Waals surface area contributed by atoms with Crippen molar-refractivity contribution >= 4 is 17.4 Å². The second-order valence-electron chi connectivity index (χ2n) is 7.72. The number of hydrogen-bond acceptors (Lipinski definition) is 2. The van der Waals surface area contributed by atoms with Crippen LogP contribution in [-0.4, -0.2) is 22.8 Å². The number of carbonyl (C=O) groups is 1. The predicted octanol–water partition coefficient (Wildman–Crippen LogP) is 5.12. The van der Waals surface area contributed by atoms with Gasteiger partial charge in [0.1, 0.15) is 0 Å². The van der Waals surface area contributed by atoms with E-state index in [1.807, 2.05) is 24.3 Å². The van der Waals surface area contributed by atoms with Gasteiger partial charge in [-0.2, -0.15) is 0 Å². The molecule has 0 N–H and O–H groups in total. The lowest BCUT2D eigenvalue weighted by molar-refractivity contribution is -0.125. The van der Waals surface area contributed by atoms with Gasteiger partial charge in [-0.15, -0.1) is 0 Å². The van der Waals surface area contributed by atoms with E-state index in [0.717, 1.165) is 12.0 Å². The number of benzene rings is 1. The average Bonchev–Trinajstić information content (AvgIpc) is 2.71. The lowest BCUT2D eigenvalue weighted by Gasteiger charge is -2.36. The summed E-state index contributed by atoms with van der Waals surface area (Å²) >= 11 is 6.17. The zero-order chi connectivity index (χ0) is 16.7. The molecule has 0 radical (unpaired) electrons. The molecule has 1 heterocycles. The van der Waals surface area contributed by atoms with Crippen LogP contribution in [0.2, 0.25) is 5.02 Å². The number of likely N-dealkylation sites (tertiary alicyclic amines) is 1. The van der Waals surface area contributed by atoms with Gasteiger partial charge < -0.3 is 0 Å². The lowest BCUT2D eigenvalue weighted by atomic mass is 9.74. The smallest absolute Gasteiger partial charge is 0.159 e. The molecule has 1 fully saturated rings. The molecule has 122 valence electrons. The zero-order valence-electron chi connectivity index (χ0n) is 14.6. The van der Waals surface area contributed by atoms with Gasteiger partial charge in [0.05, 0.1) is 6.04 Å². The topological polar surface area (TPSA) is 20.3 Å². The Morgan fingerprint density at radius 3 is 2.36 bits per heavy atom. The van der Waals surface area contributed by atoms with Gasteiger partial charge >= 0.3 is 0 Å². The van der Waals surface area contributed by atoms with Crippen molar-refractivity contribution < 1.29 is 4.79 Å². The minimum Gasteiger partial charge on any atom is -0.297 e. The molecule has 0 aliphatic carbocycles. The molecule has 3 heteroatoms. The lowest BCUT2D eigenvalue weighted by Crippen LogP contribution is -2.41. The molecular weight excluding hydrogens is 294 g/mol. The van der Waals surface area contributed by atoms with Gasteiger partial charge in [0.25, 0.3) is 0 Å². The summed E-state index contributed by atoms with van der Waals surface area (Å²) in [5, 5.41) is 0.696. The van der Waals surface area contributed by atoms with E-state index in [1.165, 1.54) is 0 Å². The molecule has 1 aliphatic heterocycles. The largest absolute Gasteiger partial charge is 0.297 e. The highest BCUT2D eigenvalue weighted by Crippen LogP contribution is 2.47. The van der Waals surface area contributed by atoms with E-state index in [2.05, 4.69) is 46.4 Å². The summed E-state index contributed by atoms with van der Waals surface area (Å²) in [5.74, 6) is 0.402. The van der Waals surface area contributed by atoms with Crippen LogP contribution in [0.3, 0.4) is 0 Å². The van der Waals surface area contributed by atoms with Crippen LogP contribution in [0.1, 0.15) is 59.6 Å². The highest BCUT2D eigenvalue weighted by atomic mass is 35.5. The minimum absolute atomic E-state index is 0.0295. The second-order valence-corrected chi connectivity index (χ2v) is 8.16. The van der Waals surface area contributed by atoms with Crippen LogP contribution < -0.4 is 0 Å². The van der Waals surface area contributed by atoms with Gasteiger partial charge in [0, 0.05) is 23.0 Å². The molecule has 3 unspecified atom stereocenters. The Labute approximate surface area is 139 Å². The van der Waals surface area contributed by atoms with Crippen molar-refractivity contribution in [1.29, 1.82) is 0 Å². The van der Waals surface area contributed by atoms with E-state index < -0.39 is 0 Å². The zero-order valence-corrected chi connectivity index (χ0v) is 15.3. The van der Waals surface area contributed by atoms with E-state index in [1.54, 1.807) is 0 Å². The molecule has 1 saturated heterocycles. The summed E-state index contributed by atoms with van der Waals surface area (Å²) < 4.78 is 0. The highest BCUT2D eigenvalue weighted by Gasteiger charge is 2.52. The summed E-state index contributed by atoms with van der Waals surface area (Å²) in [5.41, 5.74) is 0.995. The van der Waals surface area contributed by atoms with Crippen LogP contribution in [0.25, 0.3) is 0 Å². The molecule has 0 amide bonds. The van der Waals surface area contributed by atoms with Gasteiger partial charge in [-0.25, -0.2) is 0 Å². The first-order valence-electron chi connectivity index (χ1n) is 8.25. The maximum Gasteiger partial charge on any atom is 0.159 e. The summed E-state index contributed by atoms with van der Waals surface area (Å²) in [6.45, 7) is 13.1. The van der Waals surface area contributed by atoms with Gasteiger partial charge in [0.2, 0.25) is 0 Å². The van der Waals surface area contributed by atoms with E-state index >= 15 is 0 Å². The maximum absolute atomic E-state index is 13.3. The standard InChI is InChI=1S/C19H28ClNO/c1-7-15-16(19(4,5)6)18(22)17(21(15)12(2)3)13-9-8-10-14(20)11-13/h8-12,15-17H,7H2,1-6H3. The van der Waals surface area contributed by atoms with Gasteiger partial charge in [0.15, 0.2) is 5.78 Å². The minimum atomic E-state index is -0.173. The SMILES string of the molecule is CCC1C(C(C)(C)C)C(=O)C(c2cccc(Cl)c2)N1C(C)C. The highest BCUT2D eigenvalue weighted by molar-refractivity contribution is 6.30. The van der Waals surface area contributed by atoms with Crippen LogP contribution in [0.15, 0.2) is 24.3 Å². The number of Topliss-reactive ketones (excluding diaryl/α,β-unsaturated/α-hetero) is 1. The fourth-order valence-electron chi connectivity index (χ4n) is 4.01. The second kappa shape index (κ2) is 6.33. The van der Waals surface area contributed by atoms with Crippen LogP contribution in [0.4, 0.5) is 0 Å². The van der Waals surface area contributed by atoms with E-state index in [-0.39, 0.29) is 23.4 Å². The van der Waals surface area contributed by atoms with Gasteiger partial charge in [-0.3, -0.25) is 9.69 Å². The molecular formula is C19H28ClNO. The van der Waals surface area contributed by atoms with Crippen molar-refractivity contribution in [2.24, 2.45) is 11.3 Å². The quantitative estimate of drug-likeness (QED) is 0.770. The summed E-state index contributed by atoms with van der Waals surface area (Å²) in [6, 6.07) is 8.21. The molecule has 0 bridgehead atoms. The Balaban J connectivity index is 2.53. The molecule has 0 saturated carbocycles. The van der Waals surface area contributed by atoms with Gasteiger partial charge in [-0.1, -0.05) is 51.4 Å². The maximum atomic E-state index is 13.3. The first kappa shape index (κ1) is 17.5. The van der Waals surface area contributed by atoms with Crippen LogP contribution >= 0.6 is 11.6 Å². The normalized spacial score (nSPS) is 26.9. The number of ketones is 1. The number of rotatable bonds is 3. The van der Waals surface area contributed by atoms with Crippen LogP contribution in [0, 0.1) is 11.3 Å². The van der Waals surface area contributed by atoms with Crippen molar-refractivity contribution in [1.82, 2.24) is 4.90 Å². The van der Waals surface area contributed by atoms with Crippen molar-refractivity contribution in [3.63, 3.8) is 0 Å². The third-order valence-corrected chi connectivity index (χ3v) is 4.99. The van der Waals surface area contributed by atoms with Crippen LogP contribution in [-0.2, 0) is 4.79 Å². The van der Waals surface area contributed by atoms with E-state index in [9.17, 15) is 4.79 Å².